The van der Waals surface area contributed by atoms with E-state index < -0.39 is 15.8 Å². The molecule has 1 N–H and O–H groups in total. The second-order valence-corrected chi connectivity index (χ2v) is 9.19. The molecule has 0 spiro atoms. The van der Waals surface area contributed by atoms with E-state index in [9.17, 15) is 18.0 Å². The van der Waals surface area contributed by atoms with E-state index in [1.807, 2.05) is 19.1 Å². The van der Waals surface area contributed by atoms with E-state index in [2.05, 4.69) is 5.32 Å². The Hall–Kier alpha value is -2.87. The number of hydrogen-bond acceptors (Lipinski definition) is 5. The number of amides is 2. The average molecular weight is 431 g/mol. The lowest BCUT2D eigenvalue weighted by Crippen LogP contribution is -2.34. The fourth-order valence-electron chi connectivity index (χ4n) is 3.44. The predicted molar refractivity (Wildman–Crippen MR) is 114 cm³/mol. The number of carbonyl (C=O) groups excluding carboxylic acids is 2. The molecule has 8 heteroatoms. The van der Waals surface area contributed by atoms with E-state index in [1.165, 1.54) is 0 Å². The highest BCUT2D eigenvalue weighted by molar-refractivity contribution is 7.91. The molecule has 0 radical (unpaired) electrons. The van der Waals surface area contributed by atoms with Gasteiger partial charge in [-0.25, -0.2) is 8.42 Å². The smallest absolute Gasteiger partial charge is 0.227 e. The molecule has 2 aromatic rings. The summed E-state index contributed by atoms with van der Waals surface area (Å²) >= 11 is 0. The molecule has 30 heavy (non-hydrogen) atoms. The van der Waals surface area contributed by atoms with E-state index >= 15 is 0 Å². The van der Waals surface area contributed by atoms with Crippen LogP contribution in [0.1, 0.15) is 19.8 Å². The second-order valence-electron chi connectivity index (χ2n) is 7.08. The number of sulfone groups is 1. The first-order chi connectivity index (χ1) is 14.4. The van der Waals surface area contributed by atoms with Gasteiger partial charge in [-0.15, -0.1) is 0 Å². The summed E-state index contributed by atoms with van der Waals surface area (Å²) in [6.07, 6.45) is 0.426. The molecular formula is C22H26N2O5S. The van der Waals surface area contributed by atoms with E-state index in [1.54, 1.807) is 47.4 Å². The number of ether oxygens (including phenoxy) is 1. The highest BCUT2D eigenvalue weighted by atomic mass is 32.2. The van der Waals surface area contributed by atoms with Crippen LogP contribution < -0.4 is 15.0 Å². The minimum atomic E-state index is -3.37. The summed E-state index contributed by atoms with van der Waals surface area (Å²) in [6, 6.07) is 15.5. The fraction of sp³-hybridized carbons (Fsp3) is 0.364. The first-order valence-electron chi connectivity index (χ1n) is 10.00. The van der Waals surface area contributed by atoms with Gasteiger partial charge in [-0.05, 0) is 37.6 Å². The number of hydrogen-bond donors (Lipinski definition) is 1. The van der Waals surface area contributed by atoms with E-state index in [-0.39, 0.29) is 42.0 Å². The number of benzene rings is 2. The Bertz CT molecular complexity index is 992. The van der Waals surface area contributed by atoms with E-state index in [0.717, 1.165) is 0 Å². The van der Waals surface area contributed by atoms with Gasteiger partial charge in [0.2, 0.25) is 11.8 Å². The number of nitrogens with one attached hydrogen (secondary N) is 1. The van der Waals surface area contributed by atoms with Crippen molar-refractivity contribution >= 4 is 27.3 Å². The summed E-state index contributed by atoms with van der Waals surface area (Å²) in [5.41, 5.74) is 0.661. The molecule has 1 heterocycles. The molecule has 0 aromatic heterocycles. The largest absolute Gasteiger partial charge is 0.492 e. The summed E-state index contributed by atoms with van der Waals surface area (Å²) in [6.45, 7) is 2.87. The molecule has 0 saturated carbocycles. The normalized spacial score (nSPS) is 16.5. The van der Waals surface area contributed by atoms with Gasteiger partial charge >= 0.3 is 0 Å². The van der Waals surface area contributed by atoms with Gasteiger partial charge in [0.1, 0.15) is 5.75 Å². The van der Waals surface area contributed by atoms with Crippen LogP contribution in [0.15, 0.2) is 59.5 Å². The Morgan fingerprint density at radius 3 is 2.57 bits per heavy atom. The topological polar surface area (TPSA) is 92.8 Å². The first kappa shape index (κ1) is 21.8. The molecule has 1 saturated heterocycles. The molecular weight excluding hydrogens is 404 g/mol. The van der Waals surface area contributed by atoms with Crippen molar-refractivity contribution in [2.45, 2.75) is 24.7 Å². The SMILES string of the molecule is CCOc1ccccc1N1CC(C(=O)NCCCS(=O)(=O)c2ccccc2)CC1=O. The van der Waals surface area contributed by atoms with Crippen LogP contribution in [0.3, 0.4) is 0 Å². The van der Waals surface area contributed by atoms with Crippen LogP contribution in [0, 0.1) is 5.92 Å². The summed E-state index contributed by atoms with van der Waals surface area (Å²) in [5.74, 6) is -0.279. The third-order valence-electron chi connectivity index (χ3n) is 4.94. The molecule has 2 amide bonds. The van der Waals surface area contributed by atoms with Crippen molar-refractivity contribution in [3.63, 3.8) is 0 Å². The van der Waals surface area contributed by atoms with Gasteiger partial charge in [0.05, 0.1) is 28.9 Å². The molecule has 1 aliphatic heterocycles. The molecule has 3 rings (SSSR count). The molecule has 1 aliphatic rings. The summed E-state index contributed by atoms with van der Waals surface area (Å²) < 4.78 is 30.2. The summed E-state index contributed by atoms with van der Waals surface area (Å²) in [5, 5.41) is 2.77. The Kier molecular flexibility index (Phi) is 7.10. The van der Waals surface area contributed by atoms with Crippen LogP contribution in [0.25, 0.3) is 0 Å². The van der Waals surface area contributed by atoms with E-state index in [4.69, 9.17) is 4.74 Å². The Morgan fingerprint density at radius 1 is 1.13 bits per heavy atom. The van der Waals surface area contributed by atoms with Crippen LogP contribution in [-0.2, 0) is 19.4 Å². The van der Waals surface area contributed by atoms with Crippen LogP contribution in [0.5, 0.6) is 5.75 Å². The average Bonchev–Trinajstić information content (AvgIpc) is 3.14. The zero-order valence-corrected chi connectivity index (χ0v) is 17.7. The zero-order valence-electron chi connectivity index (χ0n) is 16.9. The van der Waals surface area contributed by atoms with Gasteiger partial charge < -0.3 is 15.0 Å². The van der Waals surface area contributed by atoms with Crippen molar-refractivity contribution in [2.24, 2.45) is 5.92 Å². The third-order valence-corrected chi connectivity index (χ3v) is 6.76. The van der Waals surface area contributed by atoms with E-state index in [0.29, 0.717) is 24.5 Å². The minimum Gasteiger partial charge on any atom is -0.492 e. The third kappa shape index (κ3) is 5.18. The Balaban J connectivity index is 1.52. The minimum absolute atomic E-state index is 0.0469. The second kappa shape index (κ2) is 9.75. The maximum Gasteiger partial charge on any atom is 0.227 e. The van der Waals surface area contributed by atoms with Gasteiger partial charge in [0.15, 0.2) is 9.84 Å². The van der Waals surface area contributed by atoms with Gasteiger partial charge in [0, 0.05) is 19.5 Å². The fourth-order valence-corrected chi connectivity index (χ4v) is 4.77. The first-order valence-corrected chi connectivity index (χ1v) is 11.7. The predicted octanol–water partition coefficient (Wildman–Crippen LogP) is 2.42. The quantitative estimate of drug-likeness (QED) is 0.617. The van der Waals surface area contributed by atoms with Crippen LogP contribution in [0.4, 0.5) is 5.69 Å². The van der Waals surface area contributed by atoms with Crippen molar-refractivity contribution in [1.29, 1.82) is 0 Å². The number of nitrogens with zero attached hydrogens (tertiary/aromatic N) is 1. The number of rotatable bonds is 9. The monoisotopic (exact) mass is 430 g/mol. The summed E-state index contributed by atoms with van der Waals surface area (Å²) in [4.78, 5) is 26.8. The lowest BCUT2D eigenvalue weighted by atomic mass is 10.1. The van der Waals surface area contributed by atoms with Crippen LogP contribution in [0.2, 0.25) is 0 Å². The zero-order chi connectivity index (χ0) is 21.6. The maximum atomic E-state index is 12.5. The van der Waals surface area contributed by atoms with Gasteiger partial charge in [-0.2, -0.15) is 0 Å². The summed E-state index contributed by atoms with van der Waals surface area (Å²) in [7, 11) is -3.37. The molecule has 1 unspecified atom stereocenters. The maximum absolute atomic E-state index is 12.5. The lowest BCUT2D eigenvalue weighted by Gasteiger charge is -2.20. The molecule has 160 valence electrons. The standard InChI is InChI=1S/C22H26N2O5S/c1-2-29-20-12-7-6-11-19(20)24-16-17(15-21(24)25)22(26)23-13-8-14-30(27,28)18-9-4-3-5-10-18/h3-7,9-12,17H,2,8,13-16H2,1H3,(H,23,26). The highest BCUT2D eigenvalue weighted by Crippen LogP contribution is 2.33. The van der Waals surface area contributed by atoms with Crippen LogP contribution >= 0.6 is 0 Å². The van der Waals surface area contributed by atoms with Gasteiger partial charge in [-0.3, -0.25) is 9.59 Å². The van der Waals surface area contributed by atoms with Crippen molar-refractivity contribution in [3.05, 3.63) is 54.6 Å². The van der Waals surface area contributed by atoms with Gasteiger partial charge in [-0.1, -0.05) is 30.3 Å². The molecule has 1 atom stereocenters. The Labute approximate surface area is 177 Å². The Morgan fingerprint density at radius 2 is 1.83 bits per heavy atom. The number of para-hydroxylation sites is 2. The van der Waals surface area contributed by atoms with Crippen molar-refractivity contribution in [2.75, 3.05) is 30.3 Å². The molecule has 2 aromatic carbocycles. The highest BCUT2D eigenvalue weighted by Gasteiger charge is 2.36. The van der Waals surface area contributed by atoms with Crippen molar-refractivity contribution in [3.8, 4) is 5.75 Å². The number of anilines is 1. The van der Waals surface area contributed by atoms with Crippen LogP contribution in [-0.4, -0.2) is 45.7 Å². The molecule has 0 bridgehead atoms. The molecule has 7 nitrogen and oxygen atoms in total. The van der Waals surface area contributed by atoms with Gasteiger partial charge in [0.25, 0.3) is 0 Å². The molecule has 0 aliphatic carbocycles. The molecule has 1 fully saturated rings. The van der Waals surface area contributed by atoms with Crippen molar-refractivity contribution < 1.29 is 22.7 Å². The lowest BCUT2D eigenvalue weighted by molar-refractivity contribution is -0.126. The number of carbonyl (C=O) groups is 2. The van der Waals surface area contributed by atoms with Crippen molar-refractivity contribution in [1.82, 2.24) is 5.32 Å².